The minimum absolute atomic E-state index is 0.462. The van der Waals surface area contributed by atoms with E-state index in [9.17, 15) is 40.2 Å². The van der Waals surface area contributed by atoms with Crippen LogP contribution in [0.5, 0.6) is 0 Å². The van der Waals surface area contributed by atoms with Crippen LogP contribution in [0, 0.1) is 0 Å². The minimum atomic E-state index is -1.45. The van der Waals surface area contributed by atoms with Crippen LogP contribution in [0.3, 0.4) is 0 Å². The van der Waals surface area contributed by atoms with E-state index < -0.39 is 86.3 Å². The molecule has 10 atom stereocenters. The van der Waals surface area contributed by atoms with Gasteiger partial charge in [-0.05, 0) is 0 Å². The van der Waals surface area contributed by atoms with Gasteiger partial charge in [-0.25, -0.2) is 0 Å². The standard InChI is InChI=1S/2C8H15NO6/c2*1-3(11)9-5-7(13)6(12)4(2-10)15-8(5)14/h2*4-8,10,12-14H,2H2,1H3,(H,9,11)/t2*4-,5-,6-,7-,8-/m11/s1. The number of carbonyl (C=O) groups excluding carboxylic acids is 2. The Labute approximate surface area is 171 Å². The topological polar surface area (TPSA) is 238 Å². The summed E-state index contributed by atoms with van der Waals surface area (Å²) >= 11 is 0. The fourth-order valence-electron chi connectivity index (χ4n) is 2.98. The molecule has 10 N–H and O–H groups in total. The molecule has 2 aliphatic heterocycles. The summed E-state index contributed by atoms with van der Waals surface area (Å²) in [6.07, 6.45) is -10.5. The fourth-order valence-corrected chi connectivity index (χ4v) is 2.98. The van der Waals surface area contributed by atoms with Gasteiger partial charge in [0.05, 0.1) is 13.2 Å². The Bertz CT molecular complexity index is 518. The van der Waals surface area contributed by atoms with Crippen molar-refractivity contribution in [2.24, 2.45) is 0 Å². The summed E-state index contributed by atoms with van der Waals surface area (Å²) in [7, 11) is 0. The normalized spacial score (nSPS) is 41.3. The Hall–Kier alpha value is -1.46. The number of hydrogen-bond acceptors (Lipinski definition) is 12. The number of aliphatic hydroxyl groups is 8. The van der Waals surface area contributed by atoms with Crippen LogP contribution in [-0.2, 0) is 19.1 Å². The molecule has 2 amide bonds. The first-order chi connectivity index (χ1) is 13.9. The van der Waals surface area contributed by atoms with E-state index in [4.69, 9.17) is 19.7 Å². The summed E-state index contributed by atoms with van der Waals surface area (Å²) in [6, 6.07) is -2.19. The van der Waals surface area contributed by atoms with Gasteiger partial charge < -0.3 is 61.0 Å². The van der Waals surface area contributed by atoms with E-state index in [1.165, 1.54) is 13.8 Å². The van der Waals surface area contributed by atoms with Gasteiger partial charge in [-0.15, -0.1) is 0 Å². The van der Waals surface area contributed by atoms with Crippen molar-refractivity contribution >= 4 is 11.8 Å². The summed E-state index contributed by atoms with van der Waals surface area (Å²) in [6.45, 7) is 1.37. The molecule has 30 heavy (non-hydrogen) atoms. The average molecular weight is 442 g/mol. The van der Waals surface area contributed by atoms with Crippen molar-refractivity contribution in [2.75, 3.05) is 13.2 Å². The zero-order valence-corrected chi connectivity index (χ0v) is 16.4. The average Bonchev–Trinajstić information content (AvgIpc) is 2.68. The SMILES string of the molecule is CC(=O)N[C@@H]1[C@@H](O)[C@H](O)[C@@H](CO)O[C@H]1O.CC(=O)N[C@@H]1[C@@H](O)[C@H](O)[C@@H](CO)O[C@H]1O. The largest absolute Gasteiger partial charge is 0.394 e. The Balaban J connectivity index is 0.000000300. The lowest BCUT2D eigenvalue weighted by atomic mass is 9.97. The van der Waals surface area contributed by atoms with Crippen LogP contribution in [0.15, 0.2) is 0 Å². The highest BCUT2D eigenvalue weighted by molar-refractivity contribution is 5.73. The van der Waals surface area contributed by atoms with Gasteiger partial charge in [-0.1, -0.05) is 0 Å². The number of rotatable bonds is 4. The molecule has 0 unspecified atom stereocenters. The molecular formula is C16H30N2O12. The Morgan fingerprint density at radius 1 is 0.667 bits per heavy atom. The first-order valence-electron chi connectivity index (χ1n) is 9.09. The second kappa shape index (κ2) is 11.8. The third-order valence-corrected chi connectivity index (χ3v) is 4.54. The fraction of sp³-hybridized carbons (Fsp3) is 0.875. The quantitative estimate of drug-likeness (QED) is 0.196. The smallest absolute Gasteiger partial charge is 0.217 e. The molecule has 0 saturated carbocycles. The van der Waals surface area contributed by atoms with Gasteiger partial charge in [0, 0.05) is 13.8 Å². The second-order valence-corrected chi connectivity index (χ2v) is 6.91. The molecule has 2 heterocycles. The maximum Gasteiger partial charge on any atom is 0.217 e. The van der Waals surface area contributed by atoms with Gasteiger partial charge in [0.15, 0.2) is 12.6 Å². The van der Waals surface area contributed by atoms with Crippen molar-refractivity contribution in [3.8, 4) is 0 Å². The van der Waals surface area contributed by atoms with E-state index in [-0.39, 0.29) is 0 Å². The molecular weight excluding hydrogens is 412 g/mol. The molecule has 14 nitrogen and oxygen atoms in total. The summed E-state index contributed by atoms with van der Waals surface area (Å²) in [5, 5.41) is 78.8. The number of hydrogen-bond donors (Lipinski definition) is 10. The molecule has 0 aromatic rings. The van der Waals surface area contributed by atoms with Crippen LogP contribution < -0.4 is 10.6 Å². The predicted octanol–water partition coefficient (Wildman–Crippen LogP) is -6.16. The van der Waals surface area contributed by atoms with Crippen LogP contribution in [0.4, 0.5) is 0 Å². The molecule has 2 aliphatic rings. The molecule has 0 aromatic carbocycles. The highest BCUT2D eigenvalue weighted by Gasteiger charge is 2.44. The van der Waals surface area contributed by atoms with Gasteiger partial charge in [0.2, 0.25) is 11.8 Å². The molecule has 0 bridgehead atoms. The van der Waals surface area contributed by atoms with Crippen LogP contribution in [0.25, 0.3) is 0 Å². The number of nitrogens with one attached hydrogen (secondary N) is 2. The Morgan fingerprint density at radius 2 is 0.967 bits per heavy atom. The van der Waals surface area contributed by atoms with E-state index >= 15 is 0 Å². The molecule has 14 heteroatoms. The van der Waals surface area contributed by atoms with E-state index in [1.54, 1.807) is 0 Å². The second-order valence-electron chi connectivity index (χ2n) is 6.91. The molecule has 0 aromatic heterocycles. The van der Waals surface area contributed by atoms with E-state index in [0.717, 1.165) is 0 Å². The summed E-state index contributed by atoms with van der Waals surface area (Å²) in [5.41, 5.74) is 0. The molecule has 0 aliphatic carbocycles. The van der Waals surface area contributed by atoms with Crippen LogP contribution in [-0.4, -0.2) is 127 Å². The van der Waals surface area contributed by atoms with Gasteiger partial charge in [-0.3, -0.25) is 9.59 Å². The van der Waals surface area contributed by atoms with Gasteiger partial charge in [-0.2, -0.15) is 0 Å². The van der Waals surface area contributed by atoms with Crippen LogP contribution >= 0.6 is 0 Å². The van der Waals surface area contributed by atoms with E-state index in [2.05, 4.69) is 10.6 Å². The molecule has 2 saturated heterocycles. The molecule has 176 valence electrons. The van der Waals surface area contributed by atoms with Crippen molar-refractivity contribution < 1.29 is 59.9 Å². The summed E-state index contributed by atoms with van der Waals surface area (Å²) < 4.78 is 9.62. The Morgan fingerprint density at radius 3 is 1.20 bits per heavy atom. The highest BCUT2D eigenvalue weighted by atomic mass is 16.6. The van der Waals surface area contributed by atoms with Crippen molar-refractivity contribution in [1.82, 2.24) is 10.6 Å². The maximum absolute atomic E-state index is 10.7. The summed E-state index contributed by atoms with van der Waals surface area (Å²) in [4.78, 5) is 21.5. The third-order valence-electron chi connectivity index (χ3n) is 4.54. The number of aliphatic hydroxyl groups excluding tert-OH is 8. The van der Waals surface area contributed by atoms with Crippen LogP contribution in [0.1, 0.15) is 13.8 Å². The van der Waals surface area contributed by atoms with Crippen molar-refractivity contribution in [1.29, 1.82) is 0 Å². The third kappa shape index (κ3) is 6.78. The van der Waals surface area contributed by atoms with Gasteiger partial charge >= 0.3 is 0 Å². The molecule has 2 fully saturated rings. The number of amides is 2. The van der Waals surface area contributed by atoms with Crippen molar-refractivity contribution in [2.45, 2.75) is 75.1 Å². The highest BCUT2D eigenvalue weighted by Crippen LogP contribution is 2.20. The van der Waals surface area contributed by atoms with Gasteiger partial charge in [0.25, 0.3) is 0 Å². The van der Waals surface area contributed by atoms with E-state index in [0.29, 0.717) is 0 Å². The molecule has 0 radical (unpaired) electrons. The lowest BCUT2D eigenvalue weighted by molar-refractivity contribution is -0.253. The number of ether oxygens (including phenoxy) is 2. The van der Waals surface area contributed by atoms with Crippen LogP contribution in [0.2, 0.25) is 0 Å². The molecule has 2 rings (SSSR count). The lowest BCUT2D eigenvalue weighted by Gasteiger charge is -2.40. The van der Waals surface area contributed by atoms with Gasteiger partial charge in [0.1, 0.15) is 48.7 Å². The number of carbonyl (C=O) groups is 2. The first-order valence-corrected chi connectivity index (χ1v) is 9.09. The zero-order valence-electron chi connectivity index (χ0n) is 16.4. The minimum Gasteiger partial charge on any atom is -0.394 e. The van der Waals surface area contributed by atoms with Crippen molar-refractivity contribution in [3.05, 3.63) is 0 Å². The summed E-state index contributed by atoms with van der Waals surface area (Å²) in [5.74, 6) is -0.923. The van der Waals surface area contributed by atoms with Crippen molar-refractivity contribution in [3.63, 3.8) is 0 Å². The predicted molar refractivity (Wildman–Crippen MR) is 95.2 cm³/mol. The zero-order chi connectivity index (χ0) is 23.2. The first kappa shape index (κ1) is 26.6. The maximum atomic E-state index is 10.7. The lowest BCUT2D eigenvalue weighted by Crippen LogP contribution is -2.63. The molecule has 0 spiro atoms. The monoisotopic (exact) mass is 442 g/mol. The van der Waals surface area contributed by atoms with E-state index in [1.807, 2.05) is 0 Å². The Kier molecular flexibility index (Phi) is 10.5.